The molecule has 2 aromatic rings. The molecule has 1 aliphatic carbocycles. The van der Waals surface area contributed by atoms with Gasteiger partial charge in [0.15, 0.2) is 0 Å². The standard InChI is InChI=1S/C12H13NS/c13-11-7-14-12-6-9-4-2-1-3-8(9)5-10(11)12/h5-7H,1-4,13H2. The molecule has 2 N–H and O–H groups in total. The van der Waals surface area contributed by atoms with Gasteiger partial charge < -0.3 is 5.73 Å². The number of nitrogens with two attached hydrogens (primary N) is 1. The summed E-state index contributed by atoms with van der Waals surface area (Å²) in [4.78, 5) is 0. The number of benzene rings is 1. The molecule has 0 unspecified atom stereocenters. The Morgan fingerprint density at radius 2 is 1.79 bits per heavy atom. The van der Waals surface area contributed by atoms with Crippen molar-refractivity contribution in [3.63, 3.8) is 0 Å². The van der Waals surface area contributed by atoms with Crippen LogP contribution in [0.25, 0.3) is 10.1 Å². The largest absolute Gasteiger partial charge is 0.398 e. The van der Waals surface area contributed by atoms with Gasteiger partial charge in [0.1, 0.15) is 0 Å². The first-order valence-corrected chi connectivity index (χ1v) is 6.01. The average molecular weight is 203 g/mol. The van der Waals surface area contributed by atoms with E-state index in [1.54, 1.807) is 16.9 Å². The summed E-state index contributed by atoms with van der Waals surface area (Å²) in [5.74, 6) is 0. The van der Waals surface area contributed by atoms with Crippen LogP contribution in [0.2, 0.25) is 0 Å². The molecular formula is C12H13NS. The van der Waals surface area contributed by atoms with Gasteiger partial charge in [-0.1, -0.05) is 0 Å². The van der Waals surface area contributed by atoms with Gasteiger partial charge in [0.25, 0.3) is 0 Å². The van der Waals surface area contributed by atoms with Crippen molar-refractivity contribution in [2.24, 2.45) is 0 Å². The molecule has 1 aromatic heterocycles. The first kappa shape index (κ1) is 8.30. The molecule has 1 aromatic carbocycles. The molecule has 2 heteroatoms. The van der Waals surface area contributed by atoms with E-state index in [-0.39, 0.29) is 0 Å². The number of hydrogen-bond donors (Lipinski definition) is 1. The van der Waals surface area contributed by atoms with Crippen molar-refractivity contribution in [1.29, 1.82) is 0 Å². The van der Waals surface area contributed by atoms with Crippen LogP contribution in [0.15, 0.2) is 17.5 Å². The van der Waals surface area contributed by atoms with Crippen molar-refractivity contribution in [2.45, 2.75) is 25.7 Å². The normalized spacial score (nSPS) is 15.7. The van der Waals surface area contributed by atoms with E-state index in [9.17, 15) is 0 Å². The molecule has 72 valence electrons. The predicted octanol–water partition coefficient (Wildman–Crippen LogP) is 3.36. The molecule has 0 spiro atoms. The molecule has 0 amide bonds. The fourth-order valence-corrected chi connectivity index (χ4v) is 3.17. The number of fused-ring (bicyclic) bond motifs is 2. The molecule has 0 atom stereocenters. The third-order valence-electron chi connectivity index (χ3n) is 3.07. The highest BCUT2D eigenvalue weighted by molar-refractivity contribution is 7.17. The quantitative estimate of drug-likeness (QED) is 0.698. The van der Waals surface area contributed by atoms with Gasteiger partial charge in [-0.3, -0.25) is 0 Å². The Morgan fingerprint density at radius 3 is 2.57 bits per heavy atom. The van der Waals surface area contributed by atoms with E-state index >= 15 is 0 Å². The van der Waals surface area contributed by atoms with E-state index in [2.05, 4.69) is 17.5 Å². The van der Waals surface area contributed by atoms with Crippen molar-refractivity contribution in [3.8, 4) is 0 Å². The number of hydrogen-bond acceptors (Lipinski definition) is 2. The van der Waals surface area contributed by atoms with Crippen LogP contribution in [0.4, 0.5) is 5.69 Å². The number of anilines is 1. The van der Waals surface area contributed by atoms with Gasteiger partial charge in [0.05, 0.1) is 5.69 Å². The smallest absolute Gasteiger partial charge is 0.0502 e. The van der Waals surface area contributed by atoms with E-state index < -0.39 is 0 Å². The average Bonchev–Trinajstić information content (AvgIpc) is 2.57. The highest BCUT2D eigenvalue weighted by Gasteiger charge is 2.11. The minimum absolute atomic E-state index is 0.943. The maximum atomic E-state index is 5.92. The molecule has 0 radical (unpaired) electrons. The molecule has 1 aliphatic rings. The first-order chi connectivity index (χ1) is 6.84. The summed E-state index contributed by atoms with van der Waals surface area (Å²) in [5, 5.41) is 3.31. The maximum absolute atomic E-state index is 5.92. The zero-order chi connectivity index (χ0) is 9.54. The van der Waals surface area contributed by atoms with Crippen LogP contribution in [0.1, 0.15) is 24.0 Å². The highest BCUT2D eigenvalue weighted by Crippen LogP contribution is 2.33. The SMILES string of the molecule is Nc1csc2cc3c(cc12)CCCC3. The molecule has 1 heterocycles. The predicted molar refractivity (Wildman–Crippen MR) is 62.9 cm³/mol. The lowest BCUT2D eigenvalue weighted by Gasteiger charge is -2.15. The van der Waals surface area contributed by atoms with Crippen LogP contribution >= 0.6 is 11.3 Å². The zero-order valence-corrected chi connectivity index (χ0v) is 8.86. The van der Waals surface area contributed by atoms with Gasteiger partial charge in [0.2, 0.25) is 0 Å². The summed E-state index contributed by atoms with van der Waals surface area (Å²) in [7, 11) is 0. The lowest BCUT2D eigenvalue weighted by Crippen LogP contribution is -2.01. The molecule has 0 aliphatic heterocycles. The van der Waals surface area contributed by atoms with Gasteiger partial charge in [-0.25, -0.2) is 0 Å². The van der Waals surface area contributed by atoms with Gasteiger partial charge in [0, 0.05) is 15.5 Å². The van der Waals surface area contributed by atoms with Gasteiger partial charge in [-0.05, 0) is 48.9 Å². The van der Waals surface area contributed by atoms with Crippen LogP contribution in [-0.4, -0.2) is 0 Å². The molecular weight excluding hydrogens is 190 g/mol. The summed E-state index contributed by atoms with van der Waals surface area (Å²) in [6.45, 7) is 0. The van der Waals surface area contributed by atoms with Crippen LogP contribution in [0.3, 0.4) is 0 Å². The Balaban J connectivity index is 2.29. The lowest BCUT2D eigenvalue weighted by atomic mass is 9.91. The second kappa shape index (κ2) is 2.99. The number of aryl methyl sites for hydroxylation is 2. The van der Waals surface area contributed by atoms with Crippen LogP contribution in [0, 0.1) is 0 Å². The van der Waals surface area contributed by atoms with E-state index in [1.165, 1.54) is 41.3 Å². The van der Waals surface area contributed by atoms with Crippen molar-refractivity contribution >= 4 is 27.1 Å². The lowest BCUT2D eigenvalue weighted by molar-refractivity contribution is 0.687. The molecule has 0 fully saturated rings. The van der Waals surface area contributed by atoms with Crippen LogP contribution < -0.4 is 5.73 Å². The second-order valence-electron chi connectivity index (χ2n) is 4.02. The minimum Gasteiger partial charge on any atom is -0.398 e. The first-order valence-electron chi connectivity index (χ1n) is 5.13. The highest BCUT2D eigenvalue weighted by atomic mass is 32.1. The second-order valence-corrected chi connectivity index (χ2v) is 4.93. The Bertz CT molecular complexity index is 484. The Morgan fingerprint density at radius 1 is 1.07 bits per heavy atom. The summed E-state index contributed by atoms with van der Waals surface area (Å²) in [6.07, 6.45) is 5.17. The Labute approximate surface area is 87.5 Å². The van der Waals surface area contributed by atoms with Crippen molar-refractivity contribution in [1.82, 2.24) is 0 Å². The van der Waals surface area contributed by atoms with Gasteiger partial charge in [-0.15, -0.1) is 11.3 Å². The summed E-state index contributed by atoms with van der Waals surface area (Å²) >= 11 is 1.76. The van der Waals surface area contributed by atoms with Gasteiger partial charge in [-0.2, -0.15) is 0 Å². The third kappa shape index (κ3) is 1.14. The van der Waals surface area contributed by atoms with E-state index in [1.807, 2.05) is 0 Å². The topological polar surface area (TPSA) is 26.0 Å². The van der Waals surface area contributed by atoms with Crippen molar-refractivity contribution in [2.75, 3.05) is 5.73 Å². The molecule has 1 nitrogen and oxygen atoms in total. The monoisotopic (exact) mass is 203 g/mol. The third-order valence-corrected chi connectivity index (χ3v) is 4.03. The molecule has 0 bridgehead atoms. The fourth-order valence-electron chi connectivity index (χ4n) is 2.28. The fraction of sp³-hybridized carbons (Fsp3) is 0.333. The zero-order valence-electron chi connectivity index (χ0n) is 8.05. The molecule has 3 rings (SSSR count). The summed E-state index contributed by atoms with van der Waals surface area (Å²) in [5.41, 5.74) is 9.93. The van der Waals surface area contributed by atoms with Crippen molar-refractivity contribution in [3.05, 3.63) is 28.6 Å². The molecule has 0 saturated carbocycles. The Kier molecular flexibility index (Phi) is 1.77. The molecule has 0 saturated heterocycles. The summed E-state index contributed by atoms with van der Waals surface area (Å²) < 4.78 is 1.35. The number of rotatable bonds is 0. The summed E-state index contributed by atoms with van der Waals surface area (Å²) in [6, 6.07) is 4.64. The van der Waals surface area contributed by atoms with E-state index in [0.717, 1.165) is 5.69 Å². The minimum atomic E-state index is 0.943. The van der Waals surface area contributed by atoms with E-state index in [0.29, 0.717) is 0 Å². The van der Waals surface area contributed by atoms with Crippen molar-refractivity contribution < 1.29 is 0 Å². The van der Waals surface area contributed by atoms with Gasteiger partial charge >= 0.3 is 0 Å². The molecule has 14 heavy (non-hydrogen) atoms. The number of thiophene rings is 1. The van der Waals surface area contributed by atoms with Crippen LogP contribution in [0.5, 0.6) is 0 Å². The van der Waals surface area contributed by atoms with E-state index in [4.69, 9.17) is 5.73 Å². The number of nitrogen functional groups attached to an aromatic ring is 1. The Hall–Kier alpha value is -1.02. The van der Waals surface area contributed by atoms with Crippen LogP contribution in [-0.2, 0) is 12.8 Å². The maximum Gasteiger partial charge on any atom is 0.0502 e.